The smallest absolute Gasteiger partial charge is 0.251 e. The number of para-hydroxylation sites is 1. The Balaban J connectivity index is 1.63. The van der Waals surface area contributed by atoms with Crippen molar-refractivity contribution in [3.05, 3.63) is 48.3 Å². The Hall–Kier alpha value is -3.25. The summed E-state index contributed by atoms with van der Waals surface area (Å²) in [4.78, 5) is 36.2. The van der Waals surface area contributed by atoms with E-state index >= 15 is 0 Å². The number of amides is 2. The van der Waals surface area contributed by atoms with E-state index in [1.165, 1.54) is 0 Å². The van der Waals surface area contributed by atoms with E-state index < -0.39 is 5.25 Å². The summed E-state index contributed by atoms with van der Waals surface area (Å²) < 4.78 is 0. The van der Waals surface area contributed by atoms with Crippen LogP contribution in [0.2, 0.25) is 0 Å². The van der Waals surface area contributed by atoms with Gasteiger partial charge in [-0.1, -0.05) is 23.9 Å². The summed E-state index contributed by atoms with van der Waals surface area (Å²) in [6, 6.07) is 10.3. The monoisotopic (exact) mass is 352 g/mol. The molecule has 1 atom stereocenters. The maximum absolute atomic E-state index is 12.2. The number of carbonyl (C=O) groups excluding carboxylic acids is 2. The van der Waals surface area contributed by atoms with Crippen LogP contribution in [0.5, 0.6) is 0 Å². The summed E-state index contributed by atoms with van der Waals surface area (Å²) in [5.74, 6) is -0.422. The Kier molecular flexibility index (Phi) is 5.01. The number of amidine groups is 1. The van der Waals surface area contributed by atoms with E-state index in [0.717, 1.165) is 11.8 Å². The number of aliphatic imine (C=N–C) groups is 1. The third-order valence-electron chi connectivity index (χ3n) is 3.22. The highest BCUT2D eigenvalue weighted by molar-refractivity contribution is 8.15. The van der Waals surface area contributed by atoms with E-state index in [0.29, 0.717) is 16.4 Å². The molecule has 0 bridgehead atoms. The fourth-order valence-corrected chi connectivity index (χ4v) is 3.06. The predicted molar refractivity (Wildman–Crippen MR) is 93.1 cm³/mol. The number of hydrogen-bond donors (Lipinski definition) is 2. The molecular formula is C16H12N6O2S. The predicted octanol–water partition coefficient (Wildman–Crippen LogP) is 1.60. The van der Waals surface area contributed by atoms with Crippen molar-refractivity contribution >= 4 is 40.4 Å². The van der Waals surface area contributed by atoms with E-state index in [2.05, 4.69) is 25.6 Å². The van der Waals surface area contributed by atoms with Gasteiger partial charge in [-0.05, 0) is 18.2 Å². The molecule has 1 fully saturated rings. The first-order chi connectivity index (χ1) is 12.2. The lowest BCUT2D eigenvalue weighted by molar-refractivity contribution is -0.122. The molecule has 3 rings (SSSR count). The van der Waals surface area contributed by atoms with E-state index in [9.17, 15) is 9.59 Å². The van der Waals surface area contributed by atoms with Crippen LogP contribution in [0.25, 0.3) is 0 Å². The molecule has 25 heavy (non-hydrogen) atoms. The lowest BCUT2D eigenvalue weighted by Gasteiger charge is -2.08. The average Bonchev–Trinajstić information content (AvgIpc) is 2.95. The third-order valence-corrected chi connectivity index (χ3v) is 4.30. The quantitative estimate of drug-likeness (QED) is 0.862. The summed E-state index contributed by atoms with van der Waals surface area (Å²) in [6.07, 6.45) is 3.06. The van der Waals surface area contributed by atoms with Crippen molar-refractivity contribution in [2.24, 2.45) is 4.99 Å². The van der Waals surface area contributed by atoms with Crippen LogP contribution in [0.4, 0.5) is 11.6 Å². The Morgan fingerprint density at radius 1 is 1.32 bits per heavy atom. The maximum atomic E-state index is 12.2. The normalized spacial score (nSPS) is 17.8. The SMILES string of the molecule is N#Cc1ccccc1NC(=O)CC1S/C(=N\c2ncccn2)NC1=O. The van der Waals surface area contributed by atoms with E-state index in [1.54, 1.807) is 42.7 Å². The zero-order valence-corrected chi connectivity index (χ0v) is 13.7. The first kappa shape index (κ1) is 16.6. The lowest BCUT2D eigenvalue weighted by atomic mass is 10.2. The summed E-state index contributed by atoms with van der Waals surface area (Å²) in [7, 11) is 0. The van der Waals surface area contributed by atoms with Crippen LogP contribution in [-0.4, -0.2) is 32.2 Å². The molecule has 9 heteroatoms. The number of nitrogens with zero attached hydrogens (tertiary/aromatic N) is 4. The van der Waals surface area contributed by atoms with Gasteiger partial charge in [0.15, 0.2) is 5.17 Å². The van der Waals surface area contributed by atoms with Gasteiger partial charge in [0.05, 0.1) is 11.3 Å². The van der Waals surface area contributed by atoms with Gasteiger partial charge in [-0.2, -0.15) is 10.3 Å². The minimum atomic E-state index is -0.600. The molecule has 0 saturated carbocycles. The van der Waals surface area contributed by atoms with Crippen LogP contribution in [0.15, 0.2) is 47.7 Å². The average molecular weight is 352 g/mol. The lowest BCUT2D eigenvalue weighted by Crippen LogP contribution is -2.28. The standard InChI is InChI=1S/C16H12N6O2S/c17-9-10-4-1-2-5-11(10)20-13(23)8-12-14(24)21-16(25-12)22-15-18-6-3-7-19-15/h1-7,12H,8H2,(H,20,23)(H,18,19,21,22,24). The number of benzene rings is 1. The largest absolute Gasteiger partial charge is 0.325 e. The highest BCUT2D eigenvalue weighted by Crippen LogP contribution is 2.24. The molecule has 124 valence electrons. The van der Waals surface area contributed by atoms with Crippen LogP contribution in [0.3, 0.4) is 0 Å². The van der Waals surface area contributed by atoms with E-state index in [1.807, 2.05) is 6.07 Å². The summed E-state index contributed by atoms with van der Waals surface area (Å²) in [5, 5.41) is 14.0. The second kappa shape index (κ2) is 7.55. The minimum Gasteiger partial charge on any atom is -0.325 e. The van der Waals surface area contributed by atoms with Crippen LogP contribution >= 0.6 is 11.8 Å². The van der Waals surface area contributed by atoms with E-state index in [4.69, 9.17) is 5.26 Å². The number of anilines is 1. The molecule has 2 N–H and O–H groups in total. The summed E-state index contributed by atoms with van der Waals surface area (Å²) in [6.45, 7) is 0. The van der Waals surface area contributed by atoms with Gasteiger partial charge in [-0.25, -0.2) is 9.97 Å². The van der Waals surface area contributed by atoms with Gasteiger partial charge in [0, 0.05) is 18.8 Å². The first-order valence-corrected chi connectivity index (χ1v) is 8.16. The van der Waals surface area contributed by atoms with Gasteiger partial charge in [0.1, 0.15) is 11.3 Å². The fourth-order valence-electron chi connectivity index (χ4n) is 2.09. The van der Waals surface area contributed by atoms with Gasteiger partial charge in [-0.3, -0.25) is 9.59 Å². The zero-order chi connectivity index (χ0) is 17.6. The second-order valence-corrected chi connectivity index (χ2v) is 6.16. The van der Waals surface area contributed by atoms with Crippen LogP contribution in [0.1, 0.15) is 12.0 Å². The molecule has 1 saturated heterocycles. The minimum absolute atomic E-state index is 0.0368. The second-order valence-electron chi connectivity index (χ2n) is 4.97. The molecule has 0 aliphatic carbocycles. The molecule has 0 radical (unpaired) electrons. The molecule has 2 heterocycles. The highest BCUT2D eigenvalue weighted by atomic mass is 32.2. The van der Waals surface area contributed by atoms with Gasteiger partial charge in [0.25, 0.3) is 5.95 Å². The Labute approximate surface area is 147 Å². The molecule has 1 aromatic heterocycles. The molecule has 1 aliphatic rings. The molecule has 1 aromatic carbocycles. The number of nitrogens with one attached hydrogen (secondary N) is 2. The summed E-state index contributed by atoms with van der Waals surface area (Å²) >= 11 is 1.15. The number of aromatic nitrogens is 2. The van der Waals surface area contributed by atoms with Gasteiger partial charge in [0.2, 0.25) is 11.8 Å². The van der Waals surface area contributed by atoms with Crippen molar-refractivity contribution in [3.8, 4) is 6.07 Å². The summed E-state index contributed by atoms with van der Waals surface area (Å²) in [5.41, 5.74) is 0.785. The highest BCUT2D eigenvalue weighted by Gasteiger charge is 2.32. The molecule has 2 amide bonds. The van der Waals surface area contributed by atoms with Gasteiger partial charge < -0.3 is 10.6 Å². The molecule has 0 spiro atoms. The van der Waals surface area contributed by atoms with Gasteiger partial charge in [-0.15, -0.1) is 0 Å². The molecule has 1 aliphatic heterocycles. The Morgan fingerprint density at radius 2 is 2.08 bits per heavy atom. The number of hydrogen-bond acceptors (Lipinski definition) is 7. The first-order valence-electron chi connectivity index (χ1n) is 7.28. The number of rotatable bonds is 4. The molecular weight excluding hydrogens is 340 g/mol. The zero-order valence-electron chi connectivity index (χ0n) is 12.8. The van der Waals surface area contributed by atoms with Crippen molar-refractivity contribution in [2.45, 2.75) is 11.7 Å². The van der Waals surface area contributed by atoms with Crippen molar-refractivity contribution in [2.75, 3.05) is 5.32 Å². The topological polar surface area (TPSA) is 120 Å². The van der Waals surface area contributed by atoms with Crippen LogP contribution < -0.4 is 10.6 Å². The van der Waals surface area contributed by atoms with Crippen LogP contribution in [0, 0.1) is 11.3 Å². The molecule has 1 unspecified atom stereocenters. The fraction of sp³-hybridized carbons (Fsp3) is 0.125. The van der Waals surface area contributed by atoms with E-state index in [-0.39, 0.29) is 24.2 Å². The van der Waals surface area contributed by atoms with Crippen molar-refractivity contribution in [1.82, 2.24) is 15.3 Å². The van der Waals surface area contributed by atoms with Crippen molar-refractivity contribution in [3.63, 3.8) is 0 Å². The van der Waals surface area contributed by atoms with Crippen molar-refractivity contribution < 1.29 is 9.59 Å². The van der Waals surface area contributed by atoms with Gasteiger partial charge >= 0.3 is 0 Å². The Bertz CT molecular complexity index is 878. The number of nitriles is 1. The third kappa shape index (κ3) is 4.19. The van der Waals surface area contributed by atoms with Crippen LogP contribution in [-0.2, 0) is 9.59 Å². The molecule has 8 nitrogen and oxygen atoms in total. The molecule has 2 aromatic rings. The maximum Gasteiger partial charge on any atom is 0.251 e. The Morgan fingerprint density at radius 3 is 2.84 bits per heavy atom. The number of thioether (sulfide) groups is 1. The van der Waals surface area contributed by atoms with Crippen molar-refractivity contribution in [1.29, 1.82) is 5.26 Å². The number of carbonyl (C=O) groups is 2.